The minimum Gasteiger partial charge on any atom is -0.301 e. The molecule has 0 spiro atoms. The SMILES string of the molecule is CCC1CN(C2CCSCC2)CCN1C. The van der Waals surface area contributed by atoms with E-state index in [9.17, 15) is 0 Å². The van der Waals surface area contributed by atoms with Crippen molar-refractivity contribution in [1.29, 1.82) is 0 Å². The van der Waals surface area contributed by atoms with E-state index in [0.717, 1.165) is 12.1 Å². The van der Waals surface area contributed by atoms with Crippen molar-refractivity contribution in [2.75, 3.05) is 38.2 Å². The molecule has 0 radical (unpaired) electrons. The van der Waals surface area contributed by atoms with Crippen LogP contribution in [0, 0.1) is 0 Å². The number of thioether (sulfide) groups is 1. The number of nitrogens with zero attached hydrogens (tertiary/aromatic N) is 2. The largest absolute Gasteiger partial charge is 0.301 e. The van der Waals surface area contributed by atoms with Crippen LogP contribution in [0.4, 0.5) is 0 Å². The van der Waals surface area contributed by atoms with Crippen LogP contribution < -0.4 is 0 Å². The lowest BCUT2D eigenvalue weighted by molar-refractivity contribution is 0.0594. The monoisotopic (exact) mass is 228 g/mol. The molecule has 3 heteroatoms. The van der Waals surface area contributed by atoms with Gasteiger partial charge in [-0.2, -0.15) is 11.8 Å². The molecule has 0 saturated carbocycles. The molecule has 0 aromatic carbocycles. The van der Waals surface area contributed by atoms with Gasteiger partial charge in [0.05, 0.1) is 0 Å². The summed E-state index contributed by atoms with van der Waals surface area (Å²) in [6.45, 7) is 6.19. The number of rotatable bonds is 2. The third kappa shape index (κ3) is 2.89. The van der Waals surface area contributed by atoms with E-state index in [2.05, 4.69) is 35.5 Å². The lowest BCUT2D eigenvalue weighted by Crippen LogP contribution is -2.54. The molecule has 2 fully saturated rings. The predicted molar refractivity (Wildman–Crippen MR) is 68.6 cm³/mol. The second-order valence-corrected chi connectivity index (χ2v) is 6.11. The zero-order valence-electron chi connectivity index (χ0n) is 10.1. The first-order chi connectivity index (χ1) is 7.31. The summed E-state index contributed by atoms with van der Waals surface area (Å²) in [6.07, 6.45) is 4.14. The van der Waals surface area contributed by atoms with Gasteiger partial charge in [0.1, 0.15) is 0 Å². The molecule has 0 bridgehead atoms. The van der Waals surface area contributed by atoms with Crippen LogP contribution in [-0.4, -0.2) is 60.1 Å². The molecule has 1 atom stereocenters. The van der Waals surface area contributed by atoms with Crippen molar-refractivity contribution < 1.29 is 0 Å². The van der Waals surface area contributed by atoms with Gasteiger partial charge < -0.3 is 4.90 Å². The predicted octanol–water partition coefficient (Wildman–Crippen LogP) is 1.91. The third-order valence-corrected chi connectivity index (χ3v) is 5.04. The minimum atomic E-state index is 0.799. The molecule has 2 saturated heterocycles. The maximum atomic E-state index is 2.76. The Morgan fingerprint density at radius 3 is 2.60 bits per heavy atom. The molecule has 2 aliphatic rings. The molecule has 0 aromatic rings. The fourth-order valence-electron chi connectivity index (χ4n) is 2.79. The maximum absolute atomic E-state index is 2.76. The van der Waals surface area contributed by atoms with Gasteiger partial charge in [-0.05, 0) is 37.8 Å². The standard InChI is InChI=1S/C12H24N2S/c1-3-11-10-14(7-6-13(11)2)12-4-8-15-9-5-12/h11-12H,3-10H2,1-2H3. The molecule has 1 unspecified atom stereocenters. The summed E-state index contributed by atoms with van der Waals surface area (Å²) < 4.78 is 0. The van der Waals surface area contributed by atoms with Crippen molar-refractivity contribution in [3.63, 3.8) is 0 Å². The van der Waals surface area contributed by atoms with Crippen LogP contribution in [0.15, 0.2) is 0 Å². The molecule has 88 valence electrons. The Bertz CT molecular complexity index is 192. The van der Waals surface area contributed by atoms with Gasteiger partial charge in [-0.15, -0.1) is 0 Å². The molecule has 0 N–H and O–H groups in total. The summed E-state index contributed by atoms with van der Waals surface area (Å²) in [5.74, 6) is 2.77. The van der Waals surface area contributed by atoms with Gasteiger partial charge in [-0.1, -0.05) is 6.92 Å². The smallest absolute Gasteiger partial charge is 0.0218 e. The fraction of sp³-hybridized carbons (Fsp3) is 1.00. The van der Waals surface area contributed by atoms with Crippen molar-refractivity contribution in [3.8, 4) is 0 Å². The summed E-state index contributed by atoms with van der Waals surface area (Å²) in [7, 11) is 2.28. The second kappa shape index (κ2) is 5.55. The topological polar surface area (TPSA) is 6.48 Å². The molecule has 2 aliphatic heterocycles. The Hall–Kier alpha value is 0.270. The van der Waals surface area contributed by atoms with Gasteiger partial charge >= 0.3 is 0 Å². The first kappa shape index (κ1) is 11.7. The first-order valence-corrected chi connectivity index (χ1v) is 7.48. The molecule has 0 aromatic heterocycles. The Kier molecular flexibility index (Phi) is 4.35. The average Bonchev–Trinajstić information content (AvgIpc) is 2.31. The lowest BCUT2D eigenvalue weighted by atomic mass is 10.0. The highest BCUT2D eigenvalue weighted by Gasteiger charge is 2.28. The van der Waals surface area contributed by atoms with E-state index in [1.807, 2.05) is 0 Å². The highest BCUT2D eigenvalue weighted by Crippen LogP contribution is 2.24. The quantitative estimate of drug-likeness (QED) is 0.713. The Morgan fingerprint density at radius 2 is 1.93 bits per heavy atom. The second-order valence-electron chi connectivity index (χ2n) is 4.88. The van der Waals surface area contributed by atoms with E-state index in [1.54, 1.807) is 0 Å². The molecule has 0 amide bonds. The normalized spacial score (nSPS) is 32.0. The van der Waals surface area contributed by atoms with Crippen LogP contribution in [0.5, 0.6) is 0 Å². The number of hydrogen-bond acceptors (Lipinski definition) is 3. The van der Waals surface area contributed by atoms with Gasteiger partial charge in [0.15, 0.2) is 0 Å². The summed E-state index contributed by atoms with van der Waals surface area (Å²) in [4.78, 5) is 5.29. The van der Waals surface area contributed by atoms with Crippen molar-refractivity contribution in [2.24, 2.45) is 0 Å². The van der Waals surface area contributed by atoms with Crippen LogP contribution in [-0.2, 0) is 0 Å². The molecule has 2 heterocycles. The summed E-state index contributed by atoms with van der Waals surface area (Å²) >= 11 is 2.13. The van der Waals surface area contributed by atoms with E-state index in [4.69, 9.17) is 0 Å². The zero-order valence-corrected chi connectivity index (χ0v) is 10.9. The van der Waals surface area contributed by atoms with Crippen molar-refractivity contribution in [1.82, 2.24) is 9.80 Å². The number of hydrogen-bond donors (Lipinski definition) is 0. The Labute approximate surface area is 98.4 Å². The van der Waals surface area contributed by atoms with Crippen molar-refractivity contribution in [2.45, 2.75) is 38.3 Å². The Balaban J connectivity index is 1.87. The zero-order chi connectivity index (χ0) is 10.7. The summed E-state index contributed by atoms with van der Waals surface area (Å²) in [5.41, 5.74) is 0. The first-order valence-electron chi connectivity index (χ1n) is 6.33. The van der Waals surface area contributed by atoms with E-state index in [-0.39, 0.29) is 0 Å². The third-order valence-electron chi connectivity index (χ3n) is 3.99. The minimum absolute atomic E-state index is 0.799. The van der Waals surface area contributed by atoms with E-state index < -0.39 is 0 Å². The molecular weight excluding hydrogens is 204 g/mol. The Morgan fingerprint density at radius 1 is 1.20 bits per heavy atom. The molecule has 0 aliphatic carbocycles. The molecular formula is C12H24N2S. The highest BCUT2D eigenvalue weighted by atomic mass is 32.2. The van der Waals surface area contributed by atoms with Gasteiger partial charge in [-0.25, -0.2) is 0 Å². The molecule has 15 heavy (non-hydrogen) atoms. The highest BCUT2D eigenvalue weighted by molar-refractivity contribution is 7.99. The molecule has 2 nitrogen and oxygen atoms in total. The van der Waals surface area contributed by atoms with Crippen molar-refractivity contribution >= 4 is 11.8 Å². The fourth-order valence-corrected chi connectivity index (χ4v) is 3.87. The van der Waals surface area contributed by atoms with Gasteiger partial charge in [-0.3, -0.25) is 4.90 Å². The van der Waals surface area contributed by atoms with Crippen LogP contribution in [0.2, 0.25) is 0 Å². The van der Waals surface area contributed by atoms with Crippen LogP contribution >= 0.6 is 11.8 Å². The van der Waals surface area contributed by atoms with E-state index in [0.29, 0.717) is 0 Å². The number of piperazine rings is 1. The lowest BCUT2D eigenvalue weighted by Gasteiger charge is -2.43. The van der Waals surface area contributed by atoms with E-state index in [1.165, 1.54) is 50.4 Å². The van der Waals surface area contributed by atoms with Crippen molar-refractivity contribution in [3.05, 3.63) is 0 Å². The van der Waals surface area contributed by atoms with Gasteiger partial charge in [0, 0.05) is 31.7 Å². The molecule has 2 rings (SSSR count). The van der Waals surface area contributed by atoms with Crippen LogP contribution in [0.1, 0.15) is 26.2 Å². The summed E-state index contributed by atoms with van der Waals surface area (Å²) in [5, 5.41) is 0. The maximum Gasteiger partial charge on any atom is 0.0218 e. The van der Waals surface area contributed by atoms with Crippen LogP contribution in [0.25, 0.3) is 0 Å². The van der Waals surface area contributed by atoms with Gasteiger partial charge in [0.2, 0.25) is 0 Å². The van der Waals surface area contributed by atoms with Crippen LogP contribution in [0.3, 0.4) is 0 Å². The summed E-state index contributed by atoms with van der Waals surface area (Å²) in [6, 6.07) is 1.70. The number of likely N-dealkylation sites (N-methyl/N-ethyl adjacent to an activating group) is 1. The average molecular weight is 228 g/mol. The van der Waals surface area contributed by atoms with E-state index >= 15 is 0 Å². The van der Waals surface area contributed by atoms with Gasteiger partial charge in [0.25, 0.3) is 0 Å².